The maximum absolute atomic E-state index is 12.9. The van der Waals surface area contributed by atoms with E-state index in [-0.39, 0.29) is 16.9 Å². The molecule has 7 nitrogen and oxygen atoms in total. The maximum atomic E-state index is 12.9. The fraction of sp³-hybridized carbons (Fsp3) is 0.0741. The lowest BCUT2D eigenvalue weighted by Gasteiger charge is -2.09. The average Bonchev–Trinajstić information content (AvgIpc) is 2.84. The Balaban J connectivity index is 1.58. The molecule has 174 valence electrons. The SMILES string of the molecule is CCOc1cccc2cc(-c3cc(=O)oc4cc(OC(=O)c5ccc(Br)cc5)ccc34)c(=O)oc12. The largest absolute Gasteiger partial charge is 0.490 e. The number of hydrogen-bond acceptors (Lipinski definition) is 7. The van der Waals surface area contributed by atoms with E-state index in [1.54, 1.807) is 60.7 Å². The van der Waals surface area contributed by atoms with Gasteiger partial charge >= 0.3 is 17.2 Å². The van der Waals surface area contributed by atoms with Crippen LogP contribution in [0.1, 0.15) is 17.3 Å². The zero-order valence-electron chi connectivity index (χ0n) is 18.4. The molecule has 0 radical (unpaired) electrons. The summed E-state index contributed by atoms with van der Waals surface area (Å²) in [5.41, 5.74) is 0.120. The van der Waals surface area contributed by atoms with Crippen molar-refractivity contribution in [1.29, 1.82) is 0 Å². The van der Waals surface area contributed by atoms with E-state index < -0.39 is 17.2 Å². The van der Waals surface area contributed by atoms with E-state index in [1.807, 2.05) is 6.92 Å². The number of fused-ring (bicyclic) bond motifs is 2. The number of benzene rings is 3. The zero-order valence-corrected chi connectivity index (χ0v) is 20.0. The molecule has 8 heteroatoms. The van der Waals surface area contributed by atoms with Crippen molar-refractivity contribution in [1.82, 2.24) is 0 Å². The van der Waals surface area contributed by atoms with E-state index in [0.717, 1.165) is 4.47 Å². The molecular weight excluding hydrogens is 516 g/mol. The molecule has 5 aromatic rings. The Hall–Kier alpha value is -4.17. The fourth-order valence-corrected chi connectivity index (χ4v) is 4.02. The van der Waals surface area contributed by atoms with Crippen LogP contribution in [-0.4, -0.2) is 12.6 Å². The standard InChI is InChI=1S/C27H17BrO7/c1-2-32-22-5-3-4-16-12-21(27(31)35-25(16)22)20-14-24(29)34-23-13-18(10-11-19(20)23)33-26(30)15-6-8-17(28)9-7-15/h3-14H,2H2,1H3. The molecule has 0 aliphatic rings. The van der Waals surface area contributed by atoms with Gasteiger partial charge in [-0.05, 0) is 55.5 Å². The van der Waals surface area contributed by atoms with Crippen LogP contribution in [0.25, 0.3) is 33.1 Å². The first-order valence-corrected chi connectivity index (χ1v) is 11.5. The van der Waals surface area contributed by atoms with Crippen molar-refractivity contribution in [2.24, 2.45) is 0 Å². The summed E-state index contributed by atoms with van der Waals surface area (Å²) in [6, 6.07) is 19.5. The number of ether oxygens (including phenoxy) is 2. The summed E-state index contributed by atoms with van der Waals surface area (Å²) in [4.78, 5) is 37.7. The van der Waals surface area contributed by atoms with Crippen LogP contribution < -0.4 is 20.7 Å². The summed E-state index contributed by atoms with van der Waals surface area (Å²) in [5.74, 6) is 0.0940. The number of carbonyl (C=O) groups excluding carboxylic acids is 1. The monoisotopic (exact) mass is 532 g/mol. The molecule has 0 atom stereocenters. The van der Waals surface area contributed by atoms with Crippen molar-refractivity contribution in [2.45, 2.75) is 6.92 Å². The van der Waals surface area contributed by atoms with Gasteiger partial charge in [0.1, 0.15) is 11.3 Å². The number of para-hydroxylation sites is 1. The Morgan fingerprint density at radius 1 is 0.914 bits per heavy atom. The van der Waals surface area contributed by atoms with Gasteiger partial charge in [-0.15, -0.1) is 0 Å². The summed E-state index contributed by atoms with van der Waals surface area (Å²) in [6.07, 6.45) is 0. The quantitative estimate of drug-likeness (QED) is 0.157. The zero-order chi connectivity index (χ0) is 24.5. The maximum Gasteiger partial charge on any atom is 0.344 e. The second-order valence-electron chi connectivity index (χ2n) is 7.59. The molecule has 0 saturated carbocycles. The molecule has 0 bridgehead atoms. The minimum Gasteiger partial charge on any atom is -0.490 e. The summed E-state index contributed by atoms with van der Waals surface area (Å²) in [7, 11) is 0. The summed E-state index contributed by atoms with van der Waals surface area (Å²) in [6.45, 7) is 2.26. The van der Waals surface area contributed by atoms with Crippen molar-refractivity contribution >= 4 is 43.8 Å². The second kappa shape index (κ2) is 9.23. The van der Waals surface area contributed by atoms with Crippen LogP contribution in [0.5, 0.6) is 11.5 Å². The first-order valence-electron chi connectivity index (χ1n) is 10.7. The molecular formula is C27H17BrO7. The van der Waals surface area contributed by atoms with Crippen molar-refractivity contribution in [3.8, 4) is 22.6 Å². The van der Waals surface area contributed by atoms with E-state index in [4.69, 9.17) is 18.3 Å². The second-order valence-corrected chi connectivity index (χ2v) is 8.50. The third-order valence-corrected chi connectivity index (χ3v) is 5.85. The van der Waals surface area contributed by atoms with Gasteiger partial charge < -0.3 is 18.3 Å². The number of rotatable bonds is 5. The fourth-order valence-electron chi connectivity index (χ4n) is 3.76. The Labute approximate surface area is 206 Å². The lowest BCUT2D eigenvalue weighted by molar-refractivity contribution is 0.0735. The average molecular weight is 533 g/mol. The van der Waals surface area contributed by atoms with E-state index in [0.29, 0.717) is 39.8 Å². The minimum atomic E-state index is -0.661. The molecule has 0 spiro atoms. The van der Waals surface area contributed by atoms with Crippen LogP contribution in [0.4, 0.5) is 0 Å². The van der Waals surface area contributed by atoms with Gasteiger partial charge in [0.05, 0.1) is 17.7 Å². The molecule has 2 heterocycles. The van der Waals surface area contributed by atoms with Crippen LogP contribution in [0.15, 0.2) is 95.7 Å². The number of carbonyl (C=O) groups is 1. The lowest BCUT2D eigenvalue weighted by Crippen LogP contribution is -2.09. The van der Waals surface area contributed by atoms with Gasteiger partial charge in [0.15, 0.2) is 11.3 Å². The van der Waals surface area contributed by atoms with Crippen molar-refractivity contribution in [3.63, 3.8) is 0 Å². The highest BCUT2D eigenvalue weighted by atomic mass is 79.9. The van der Waals surface area contributed by atoms with Gasteiger partial charge in [-0.1, -0.05) is 28.1 Å². The number of halogens is 1. The highest BCUT2D eigenvalue weighted by Gasteiger charge is 2.17. The molecule has 0 unspecified atom stereocenters. The van der Waals surface area contributed by atoms with Gasteiger partial charge in [0.2, 0.25) is 0 Å². The molecule has 0 aliphatic carbocycles. The Morgan fingerprint density at radius 3 is 2.49 bits per heavy atom. The molecule has 0 aliphatic heterocycles. The molecule has 2 aromatic heterocycles. The predicted molar refractivity (Wildman–Crippen MR) is 134 cm³/mol. The third-order valence-electron chi connectivity index (χ3n) is 5.32. The van der Waals surface area contributed by atoms with Gasteiger partial charge in [-0.2, -0.15) is 0 Å². The van der Waals surface area contributed by atoms with Gasteiger partial charge in [-0.3, -0.25) is 0 Å². The third kappa shape index (κ3) is 4.48. The first-order chi connectivity index (χ1) is 16.9. The Bertz CT molecular complexity index is 1700. The van der Waals surface area contributed by atoms with E-state index >= 15 is 0 Å². The highest BCUT2D eigenvalue weighted by molar-refractivity contribution is 9.10. The van der Waals surface area contributed by atoms with Crippen LogP contribution in [-0.2, 0) is 0 Å². The summed E-state index contributed by atoms with van der Waals surface area (Å²) in [5, 5.41) is 1.13. The molecule has 5 rings (SSSR count). The molecule has 0 saturated heterocycles. The van der Waals surface area contributed by atoms with Crippen LogP contribution >= 0.6 is 15.9 Å². The molecule has 0 fully saturated rings. The van der Waals surface area contributed by atoms with Gasteiger partial charge in [0, 0.05) is 32.9 Å². The van der Waals surface area contributed by atoms with Crippen LogP contribution in [0.3, 0.4) is 0 Å². The van der Waals surface area contributed by atoms with Crippen molar-refractivity contribution in [3.05, 3.63) is 104 Å². The predicted octanol–water partition coefficient (Wildman–Crippen LogP) is 5.95. The molecule has 35 heavy (non-hydrogen) atoms. The van der Waals surface area contributed by atoms with Crippen LogP contribution in [0.2, 0.25) is 0 Å². The topological polar surface area (TPSA) is 96.0 Å². The van der Waals surface area contributed by atoms with Crippen molar-refractivity contribution in [2.75, 3.05) is 6.61 Å². The molecule has 0 N–H and O–H groups in total. The van der Waals surface area contributed by atoms with Gasteiger partial charge in [0.25, 0.3) is 0 Å². The number of hydrogen-bond donors (Lipinski definition) is 0. The summed E-state index contributed by atoms with van der Waals surface area (Å²) >= 11 is 3.32. The van der Waals surface area contributed by atoms with Crippen molar-refractivity contribution < 1.29 is 23.1 Å². The summed E-state index contributed by atoms with van der Waals surface area (Å²) < 4.78 is 22.7. The van der Waals surface area contributed by atoms with E-state index in [9.17, 15) is 14.4 Å². The molecule has 3 aromatic carbocycles. The minimum absolute atomic E-state index is 0.163. The Kier molecular flexibility index (Phi) is 5.96. The van der Waals surface area contributed by atoms with E-state index in [1.165, 1.54) is 12.1 Å². The van der Waals surface area contributed by atoms with E-state index in [2.05, 4.69) is 15.9 Å². The lowest BCUT2D eigenvalue weighted by atomic mass is 10.0. The van der Waals surface area contributed by atoms with Crippen LogP contribution in [0, 0.1) is 0 Å². The van der Waals surface area contributed by atoms with Gasteiger partial charge in [-0.25, -0.2) is 14.4 Å². The number of esters is 1. The highest BCUT2D eigenvalue weighted by Crippen LogP contribution is 2.32. The smallest absolute Gasteiger partial charge is 0.344 e. The Morgan fingerprint density at radius 2 is 1.71 bits per heavy atom. The normalized spacial score (nSPS) is 11.0. The molecule has 0 amide bonds. The first kappa shape index (κ1) is 22.6.